The lowest BCUT2D eigenvalue weighted by Gasteiger charge is -2.25. The van der Waals surface area contributed by atoms with Crippen LogP contribution in [0.15, 0.2) is 12.1 Å². The summed E-state index contributed by atoms with van der Waals surface area (Å²) in [5, 5.41) is 11.3. The fourth-order valence-electron chi connectivity index (χ4n) is 3.73. The summed E-state index contributed by atoms with van der Waals surface area (Å²) >= 11 is 0. The van der Waals surface area contributed by atoms with Crippen molar-refractivity contribution in [2.45, 2.75) is 66.8 Å². The van der Waals surface area contributed by atoms with Crippen LogP contribution in [0.25, 0.3) is 10.9 Å². The van der Waals surface area contributed by atoms with Gasteiger partial charge in [0.2, 0.25) is 0 Å². The van der Waals surface area contributed by atoms with Crippen LogP contribution in [0.2, 0.25) is 0 Å². The van der Waals surface area contributed by atoms with Crippen LogP contribution in [-0.4, -0.2) is 34.8 Å². The van der Waals surface area contributed by atoms with Crippen molar-refractivity contribution in [3.8, 4) is 5.75 Å². The van der Waals surface area contributed by atoms with E-state index in [0.717, 1.165) is 24.2 Å². The van der Waals surface area contributed by atoms with Crippen LogP contribution < -0.4 is 0 Å². The van der Waals surface area contributed by atoms with Gasteiger partial charge in [-0.05, 0) is 59.1 Å². The molecule has 1 heterocycles. The fraction of sp³-hybridized carbons (Fsp3) is 0.565. The number of benzene rings is 1. The number of phenols is 1. The molecule has 0 saturated heterocycles. The van der Waals surface area contributed by atoms with Gasteiger partial charge in [-0.15, -0.1) is 0 Å². The number of carbonyl (C=O) groups excluding carboxylic acids is 2. The molecule has 1 N–H and O–H groups in total. The Hall–Kier alpha value is -2.50. The van der Waals surface area contributed by atoms with Crippen LogP contribution in [0, 0.1) is 12.8 Å². The van der Waals surface area contributed by atoms with E-state index in [4.69, 9.17) is 9.47 Å². The van der Waals surface area contributed by atoms with Crippen molar-refractivity contribution in [1.29, 1.82) is 0 Å². The predicted octanol–water partition coefficient (Wildman–Crippen LogP) is 4.72. The van der Waals surface area contributed by atoms with Crippen molar-refractivity contribution in [2.75, 3.05) is 13.2 Å². The predicted molar refractivity (Wildman–Crippen MR) is 113 cm³/mol. The standard InChI is InChI=1S/C23H33NO5/c1-8-28-21(26)18-15(5)24(13-12-14(3)4)16-10-11-17(25)20(19(16)18)23(6,7)22(27)29-9-2/h10-11,14,25H,8-9,12-13H2,1-7H3. The van der Waals surface area contributed by atoms with Crippen LogP contribution in [0.1, 0.15) is 69.6 Å². The molecule has 1 aromatic heterocycles. The van der Waals surface area contributed by atoms with E-state index in [-0.39, 0.29) is 19.0 Å². The summed E-state index contributed by atoms with van der Waals surface area (Å²) < 4.78 is 12.7. The number of aromatic hydroxyl groups is 1. The molecular weight excluding hydrogens is 370 g/mol. The molecule has 0 bridgehead atoms. The van der Waals surface area contributed by atoms with Gasteiger partial charge in [0, 0.05) is 28.7 Å². The minimum atomic E-state index is -1.14. The molecule has 0 aliphatic heterocycles. The molecule has 6 nitrogen and oxygen atoms in total. The van der Waals surface area contributed by atoms with E-state index in [1.807, 2.05) is 6.92 Å². The van der Waals surface area contributed by atoms with Crippen molar-refractivity contribution in [3.63, 3.8) is 0 Å². The molecule has 1 aromatic carbocycles. The van der Waals surface area contributed by atoms with Gasteiger partial charge in [0.25, 0.3) is 0 Å². The Kier molecular flexibility index (Phi) is 6.98. The average Bonchev–Trinajstić information content (AvgIpc) is 2.91. The van der Waals surface area contributed by atoms with Gasteiger partial charge in [-0.2, -0.15) is 0 Å². The van der Waals surface area contributed by atoms with Crippen molar-refractivity contribution in [2.24, 2.45) is 5.92 Å². The molecule has 2 rings (SSSR count). The molecule has 0 atom stereocenters. The summed E-state index contributed by atoms with van der Waals surface area (Å²) in [6, 6.07) is 3.38. The first kappa shape index (κ1) is 22.8. The second-order valence-corrected chi connectivity index (χ2v) is 8.21. The first-order valence-corrected chi connectivity index (χ1v) is 10.3. The SMILES string of the molecule is CCOC(=O)c1c(C)n(CCC(C)C)c2ccc(O)c(C(C)(C)C(=O)OCC)c12. The lowest BCUT2D eigenvalue weighted by atomic mass is 9.81. The number of carbonyl (C=O) groups is 2. The van der Waals surface area contributed by atoms with E-state index in [2.05, 4.69) is 18.4 Å². The Balaban J connectivity index is 2.87. The van der Waals surface area contributed by atoms with Crippen molar-refractivity contribution >= 4 is 22.8 Å². The molecule has 2 aromatic rings. The fourth-order valence-corrected chi connectivity index (χ4v) is 3.73. The first-order chi connectivity index (χ1) is 13.6. The number of esters is 2. The third-order valence-electron chi connectivity index (χ3n) is 5.29. The molecule has 6 heteroatoms. The molecule has 160 valence electrons. The van der Waals surface area contributed by atoms with Gasteiger partial charge >= 0.3 is 11.9 Å². The van der Waals surface area contributed by atoms with Gasteiger partial charge in [-0.1, -0.05) is 13.8 Å². The van der Waals surface area contributed by atoms with Crippen LogP contribution in [0.4, 0.5) is 0 Å². The molecular formula is C23H33NO5. The molecule has 29 heavy (non-hydrogen) atoms. The topological polar surface area (TPSA) is 77.8 Å². The van der Waals surface area contributed by atoms with Gasteiger partial charge in [0.1, 0.15) is 5.75 Å². The van der Waals surface area contributed by atoms with E-state index in [1.165, 1.54) is 0 Å². The molecule has 0 saturated carbocycles. The molecule has 0 aliphatic rings. The summed E-state index contributed by atoms with van der Waals surface area (Å²) in [6.45, 7) is 14.3. The van der Waals surface area contributed by atoms with E-state index < -0.39 is 17.4 Å². The Morgan fingerprint density at radius 1 is 1.14 bits per heavy atom. The number of phenolic OH excluding ortho intramolecular Hbond substituents is 1. The van der Waals surface area contributed by atoms with Crippen LogP contribution in [0.5, 0.6) is 5.75 Å². The Morgan fingerprint density at radius 3 is 2.31 bits per heavy atom. The van der Waals surface area contributed by atoms with E-state index >= 15 is 0 Å². The highest BCUT2D eigenvalue weighted by Crippen LogP contribution is 2.42. The van der Waals surface area contributed by atoms with Crippen LogP contribution >= 0.6 is 0 Å². The van der Waals surface area contributed by atoms with Gasteiger partial charge in [-0.3, -0.25) is 4.79 Å². The highest BCUT2D eigenvalue weighted by atomic mass is 16.5. The number of nitrogens with zero attached hydrogens (tertiary/aromatic N) is 1. The minimum absolute atomic E-state index is 0.0397. The number of aromatic nitrogens is 1. The Bertz CT molecular complexity index is 908. The lowest BCUT2D eigenvalue weighted by molar-refractivity contribution is -0.148. The lowest BCUT2D eigenvalue weighted by Crippen LogP contribution is -2.31. The Morgan fingerprint density at radius 2 is 1.76 bits per heavy atom. The first-order valence-electron chi connectivity index (χ1n) is 10.3. The summed E-state index contributed by atoms with van der Waals surface area (Å²) in [5.41, 5.74) is 1.22. The van der Waals surface area contributed by atoms with Gasteiger partial charge < -0.3 is 19.1 Å². The number of rotatable bonds is 8. The van der Waals surface area contributed by atoms with Crippen LogP contribution in [0.3, 0.4) is 0 Å². The normalized spacial score (nSPS) is 11.9. The molecule has 0 unspecified atom stereocenters. The van der Waals surface area contributed by atoms with E-state index in [1.54, 1.807) is 39.8 Å². The highest BCUT2D eigenvalue weighted by molar-refractivity contribution is 6.09. The second-order valence-electron chi connectivity index (χ2n) is 8.21. The van der Waals surface area contributed by atoms with Crippen molar-refractivity contribution in [3.05, 3.63) is 29.0 Å². The smallest absolute Gasteiger partial charge is 0.340 e. The number of aryl methyl sites for hydroxylation is 1. The monoisotopic (exact) mass is 403 g/mol. The molecule has 0 amide bonds. The maximum atomic E-state index is 12.9. The zero-order valence-corrected chi connectivity index (χ0v) is 18.6. The van der Waals surface area contributed by atoms with Gasteiger partial charge in [0.05, 0.1) is 24.2 Å². The number of hydrogen-bond donors (Lipinski definition) is 1. The summed E-state index contributed by atoms with van der Waals surface area (Å²) in [6.07, 6.45) is 0.935. The second kappa shape index (κ2) is 8.89. The minimum Gasteiger partial charge on any atom is -0.508 e. The summed E-state index contributed by atoms with van der Waals surface area (Å²) in [5.74, 6) is -0.456. The maximum absolute atomic E-state index is 12.9. The molecule has 0 spiro atoms. The van der Waals surface area contributed by atoms with Gasteiger partial charge in [-0.25, -0.2) is 4.79 Å². The largest absolute Gasteiger partial charge is 0.508 e. The molecule has 0 fully saturated rings. The zero-order chi connectivity index (χ0) is 21.9. The quantitative estimate of drug-likeness (QED) is 0.645. The molecule has 0 aliphatic carbocycles. The Labute approximate surface area is 172 Å². The van der Waals surface area contributed by atoms with Crippen molar-refractivity contribution in [1.82, 2.24) is 4.57 Å². The van der Waals surface area contributed by atoms with Crippen LogP contribution in [-0.2, 0) is 26.2 Å². The zero-order valence-electron chi connectivity index (χ0n) is 18.6. The third kappa shape index (κ3) is 4.26. The highest BCUT2D eigenvalue weighted by Gasteiger charge is 2.38. The summed E-state index contributed by atoms with van der Waals surface area (Å²) in [4.78, 5) is 25.6. The molecule has 0 radical (unpaired) electrons. The van der Waals surface area contributed by atoms with Crippen molar-refractivity contribution < 1.29 is 24.2 Å². The third-order valence-corrected chi connectivity index (χ3v) is 5.29. The number of fused-ring (bicyclic) bond motifs is 1. The average molecular weight is 404 g/mol. The maximum Gasteiger partial charge on any atom is 0.340 e. The number of hydrogen-bond acceptors (Lipinski definition) is 5. The number of ether oxygens (including phenoxy) is 2. The van der Waals surface area contributed by atoms with Gasteiger partial charge in [0.15, 0.2) is 0 Å². The van der Waals surface area contributed by atoms with E-state index in [0.29, 0.717) is 22.4 Å². The van der Waals surface area contributed by atoms with E-state index in [9.17, 15) is 14.7 Å². The summed E-state index contributed by atoms with van der Waals surface area (Å²) in [7, 11) is 0.